The molecule has 1 aromatic rings. The van der Waals surface area contributed by atoms with Gasteiger partial charge < -0.3 is 15.0 Å². The van der Waals surface area contributed by atoms with Gasteiger partial charge >= 0.3 is 6.61 Å². The zero-order valence-corrected chi connectivity index (χ0v) is 13.0. The number of alkyl halides is 2. The Morgan fingerprint density at radius 2 is 2.30 bits per heavy atom. The van der Waals surface area contributed by atoms with Crippen molar-refractivity contribution in [2.24, 2.45) is 5.92 Å². The summed E-state index contributed by atoms with van der Waals surface area (Å²) in [5, 5.41) is 3.33. The van der Waals surface area contributed by atoms with E-state index in [2.05, 4.69) is 37.9 Å². The van der Waals surface area contributed by atoms with Crippen LogP contribution >= 0.6 is 15.9 Å². The number of hydrogen-bond acceptors (Lipinski definition) is 3. The molecule has 1 unspecified atom stereocenters. The maximum Gasteiger partial charge on any atom is 0.387 e. The van der Waals surface area contributed by atoms with Crippen LogP contribution in [-0.4, -0.2) is 38.2 Å². The number of hydrogen-bond donors (Lipinski definition) is 1. The molecule has 1 fully saturated rings. The molecule has 0 amide bonds. The molecule has 1 aliphatic rings. The highest BCUT2D eigenvalue weighted by atomic mass is 79.9. The maximum atomic E-state index is 12.4. The minimum absolute atomic E-state index is 0.235. The summed E-state index contributed by atoms with van der Waals surface area (Å²) in [5.41, 5.74) is 0.742. The van der Waals surface area contributed by atoms with Crippen molar-refractivity contribution >= 4 is 15.9 Å². The third-order valence-corrected chi connectivity index (χ3v) is 3.97. The van der Waals surface area contributed by atoms with E-state index in [1.807, 2.05) is 6.07 Å². The van der Waals surface area contributed by atoms with Gasteiger partial charge in [0.05, 0.1) is 0 Å². The lowest BCUT2D eigenvalue weighted by molar-refractivity contribution is -0.0505. The van der Waals surface area contributed by atoms with Crippen LogP contribution < -0.4 is 10.1 Å². The second-order valence-corrected chi connectivity index (χ2v) is 6.09. The fourth-order valence-electron chi connectivity index (χ4n) is 2.50. The number of halogens is 3. The zero-order chi connectivity index (χ0) is 14.5. The molecule has 20 heavy (non-hydrogen) atoms. The van der Waals surface area contributed by atoms with Gasteiger partial charge in [-0.25, -0.2) is 0 Å². The molecule has 1 heterocycles. The molecule has 1 N–H and O–H groups in total. The number of nitrogens with one attached hydrogen (secondary N) is 1. The van der Waals surface area contributed by atoms with Crippen molar-refractivity contribution in [1.29, 1.82) is 0 Å². The van der Waals surface area contributed by atoms with E-state index in [0.717, 1.165) is 29.7 Å². The number of ether oxygens (including phenoxy) is 1. The molecule has 1 aliphatic heterocycles. The highest BCUT2D eigenvalue weighted by molar-refractivity contribution is 9.10. The van der Waals surface area contributed by atoms with Crippen LogP contribution in [0.4, 0.5) is 8.78 Å². The second-order valence-electron chi connectivity index (χ2n) is 5.18. The molecule has 2 rings (SSSR count). The van der Waals surface area contributed by atoms with Crippen molar-refractivity contribution in [1.82, 2.24) is 10.2 Å². The van der Waals surface area contributed by atoms with E-state index in [9.17, 15) is 8.78 Å². The van der Waals surface area contributed by atoms with E-state index in [1.165, 1.54) is 6.42 Å². The minimum Gasteiger partial charge on any atom is -0.434 e. The summed E-state index contributed by atoms with van der Waals surface area (Å²) in [7, 11) is 2.11. The van der Waals surface area contributed by atoms with Crippen LogP contribution in [0, 0.1) is 5.92 Å². The number of likely N-dealkylation sites (tertiary alicyclic amines) is 1. The number of benzene rings is 1. The molecular weight excluding hydrogens is 330 g/mol. The van der Waals surface area contributed by atoms with Crippen molar-refractivity contribution in [3.8, 4) is 5.75 Å². The van der Waals surface area contributed by atoms with Crippen LogP contribution in [0.1, 0.15) is 12.0 Å². The fourth-order valence-corrected chi connectivity index (χ4v) is 2.91. The average Bonchev–Trinajstić information content (AvgIpc) is 2.78. The Morgan fingerprint density at radius 1 is 1.50 bits per heavy atom. The standard InChI is InChI=1S/C14H19BrF2N2O/c1-19-5-4-10(9-19)7-18-8-11-6-12(15)2-3-13(11)20-14(16)17/h2-3,6,10,14,18H,4-5,7-9H2,1H3. The number of nitrogens with zero attached hydrogens (tertiary/aromatic N) is 1. The van der Waals surface area contributed by atoms with Gasteiger partial charge in [0, 0.05) is 23.1 Å². The van der Waals surface area contributed by atoms with Crippen molar-refractivity contribution in [2.45, 2.75) is 19.6 Å². The van der Waals surface area contributed by atoms with Crippen molar-refractivity contribution < 1.29 is 13.5 Å². The Labute approximate surface area is 126 Å². The lowest BCUT2D eigenvalue weighted by atomic mass is 10.1. The Hall–Kier alpha value is -0.720. The molecule has 0 aliphatic carbocycles. The fraction of sp³-hybridized carbons (Fsp3) is 0.571. The van der Waals surface area contributed by atoms with Crippen LogP contribution in [0.15, 0.2) is 22.7 Å². The third kappa shape index (κ3) is 4.68. The van der Waals surface area contributed by atoms with E-state index in [1.54, 1.807) is 12.1 Å². The minimum atomic E-state index is -2.79. The van der Waals surface area contributed by atoms with E-state index in [-0.39, 0.29) is 5.75 Å². The van der Waals surface area contributed by atoms with Crippen LogP contribution in [0.25, 0.3) is 0 Å². The Balaban J connectivity index is 1.89. The summed E-state index contributed by atoms with van der Waals surface area (Å²) < 4.78 is 30.1. The van der Waals surface area contributed by atoms with Crippen LogP contribution in [-0.2, 0) is 6.54 Å². The molecule has 6 heteroatoms. The van der Waals surface area contributed by atoms with E-state index in [0.29, 0.717) is 12.5 Å². The Kier molecular flexibility index (Phi) is 5.74. The molecule has 112 valence electrons. The van der Waals surface area contributed by atoms with E-state index >= 15 is 0 Å². The summed E-state index contributed by atoms with van der Waals surface area (Å²) in [6.45, 7) is 0.847. The first-order valence-electron chi connectivity index (χ1n) is 6.67. The molecule has 1 atom stereocenters. The molecule has 1 aromatic carbocycles. The van der Waals surface area contributed by atoms with E-state index in [4.69, 9.17) is 0 Å². The van der Waals surface area contributed by atoms with Gasteiger partial charge in [-0.15, -0.1) is 0 Å². The van der Waals surface area contributed by atoms with Gasteiger partial charge in [-0.05, 0) is 50.7 Å². The number of rotatable bonds is 6. The first-order chi connectivity index (χ1) is 9.54. The molecule has 3 nitrogen and oxygen atoms in total. The van der Waals surface area contributed by atoms with Crippen molar-refractivity contribution in [3.05, 3.63) is 28.2 Å². The van der Waals surface area contributed by atoms with Gasteiger partial charge in [0.1, 0.15) is 5.75 Å². The van der Waals surface area contributed by atoms with Crippen molar-refractivity contribution in [2.75, 3.05) is 26.7 Å². The van der Waals surface area contributed by atoms with Gasteiger partial charge in [0.2, 0.25) is 0 Å². The SMILES string of the molecule is CN1CCC(CNCc2cc(Br)ccc2OC(F)F)C1. The molecule has 0 spiro atoms. The first-order valence-corrected chi connectivity index (χ1v) is 7.46. The predicted octanol–water partition coefficient (Wildman–Crippen LogP) is 3.09. The summed E-state index contributed by atoms with van der Waals surface area (Å²) >= 11 is 3.35. The summed E-state index contributed by atoms with van der Waals surface area (Å²) in [6, 6.07) is 5.08. The van der Waals surface area contributed by atoms with Crippen LogP contribution in [0.2, 0.25) is 0 Å². The Morgan fingerprint density at radius 3 is 2.95 bits per heavy atom. The van der Waals surface area contributed by atoms with E-state index < -0.39 is 6.61 Å². The van der Waals surface area contributed by atoms with Gasteiger partial charge in [-0.2, -0.15) is 8.78 Å². The summed E-state index contributed by atoms with van der Waals surface area (Å²) in [5.74, 6) is 0.867. The topological polar surface area (TPSA) is 24.5 Å². The molecule has 0 saturated carbocycles. The quantitative estimate of drug-likeness (QED) is 0.854. The third-order valence-electron chi connectivity index (χ3n) is 3.48. The molecular formula is C14H19BrF2N2O. The van der Waals surface area contributed by atoms with Gasteiger partial charge in [0.15, 0.2) is 0 Å². The van der Waals surface area contributed by atoms with Gasteiger partial charge in [0.25, 0.3) is 0 Å². The first kappa shape index (κ1) is 15.7. The van der Waals surface area contributed by atoms with Gasteiger partial charge in [-0.3, -0.25) is 0 Å². The molecule has 0 aromatic heterocycles. The van der Waals surface area contributed by atoms with Crippen LogP contribution in [0.3, 0.4) is 0 Å². The highest BCUT2D eigenvalue weighted by Crippen LogP contribution is 2.25. The summed E-state index contributed by atoms with van der Waals surface area (Å²) in [6.07, 6.45) is 1.18. The van der Waals surface area contributed by atoms with Gasteiger partial charge in [-0.1, -0.05) is 15.9 Å². The largest absolute Gasteiger partial charge is 0.434 e. The smallest absolute Gasteiger partial charge is 0.387 e. The maximum absolute atomic E-state index is 12.4. The normalized spacial score (nSPS) is 19.8. The molecule has 1 saturated heterocycles. The average molecular weight is 349 g/mol. The summed E-state index contributed by atoms with van der Waals surface area (Å²) in [4.78, 5) is 2.30. The Bertz CT molecular complexity index is 445. The monoisotopic (exact) mass is 348 g/mol. The van der Waals surface area contributed by atoms with Crippen LogP contribution in [0.5, 0.6) is 5.75 Å². The highest BCUT2D eigenvalue weighted by Gasteiger charge is 2.19. The predicted molar refractivity (Wildman–Crippen MR) is 78.1 cm³/mol. The lowest BCUT2D eigenvalue weighted by Crippen LogP contribution is -2.25. The lowest BCUT2D eigenvalue weighted by Gasteiger charge is -2.14. The van der Waals surface area contributed by atoms with Crippen molar-refractivity contribution in [3.63, 3.8) is 0 Å². The zero-order valence-electron chi connectivity index (χ0n) is 11.4. The second kappa shape index (κ2) is 7.33. The molecule has 0 bridgehead atoms. The molecule has 0 radical (unpaired) electrons.